The molecule has 0 saturated carbocycles. The second-order valence-corrected chi connectivity index (χ2v) is 6.96. The van der Waals surface area contributed by atoms with E-state index in [9.17, 15) is 8.42 Å². The summed E-state index contributed by atoms with van der Waals surface area (Å²) < 4.78 is 25.7. The van der Waals surface area contributed by atoms with E-state index < -0.39 is 10.0 Å². The molecule has 2 rings (SSSR count). The van der Waals surface area contributed by atoms with E-state index in [2.05, 4.69) is 20.2 Å². The van der Waals surface area contributed by atoms with Crippen molar-refractivity contribution in [3.8, 4) is 0 Å². The highest BCUT2D eigenvalue weighted by molar-refractivity contribution is 7.92. The van der Waals surface area contributed by atoms with Gasteiger partial charge in [0.25, 0.3) is 0 Å². The number of nitrogens with zero attached hydrogens (tertiary/aromatic N) is 2. The fourth-order valence-corrected chi connectivity index (χ4v) is 3.14. The number of hydrogen-bond acceptors (Lipinski definition) is 5. The number of para-hydroxylation sites is 1. The zero-order valence-electron chi connectivity index (χ0n) is 12.9. The van der Waals surface area contributed by atoms with Crippen molar-refractivity contribution in [2.45, 2.75) is 27.2 Å². The minimum absolute atomic E-state index is 0.0666. The molecule has 0 aliphatic carbocycles. The smallest absolute Gasteiger partial charge is 0.233 e. The fraction of sp³-hybridized carbons (Fsp3) is 0.333. The van der Waals surface area contributed by atoms with Gasteiger partial charge in [0.2, 0.25) is 10.0 Å². The van der Waals surface area contributed by atoms with Crippen LogP contribution in [0.25, 0.3) is 0 Å². The largest absolute Gasteiger partial charge is 0.338 e. The molecule has 6 nitrogen and oxygen atoms in total. The minimum Gasteiger partial charge on any atom is -0.338 e. The van der Waals surface area contributed by atoms with Gasteiger partial charge < -0.3 is 5.32 Å². The number of benzene rings is 1. The van der Waals surface area contributed by atoms with Gasteiger partial charge in [-0.2, -0.15) is 0 Å². The average molecular weight is 320 g/mol. The molecule has 1 heterocycles. The van der Waals surface area contributed by atoms with Crippen LogP contribution >= 0.6 is 0 Å². The maximum Gasteiger partial charge on any atom is 0.233 e. The van der Waals surface area contributed by atoms with E-state index >= 15 is 0 Å². The van der Waals surface area contributed by atoms with Gasteiger partial charge in [0.05, 0.1) is 5.75 Å². The Morgan fingerprint density at radius 1 is 1.00 bits per heavy atom. The van der Waals surface area contributed by atoms with Gasteiger partial charge in [0.1, 0.15) is 0 Å². The Morgan fingerprint density at radius 2 is 1.59 bits per heavy atom. The van der Waals surface area contributed by atoms with E-state index in [1.807, 2.05) is 39.0 Å². The Kier molecular flexibility index (Phi) is 4.97. The molecule has 118 valence electrons. The third kappa shape index (κ3) is 4.17. The molecule has 7 heteroatoms. The normalized spacial score (nSPS) is 11.2. The number of aryl methyl sites for hydroxylation is 2. The third-order valence-electron chi connectivity index (χ3n) is 3.13. The van der Waals surface area contributed by atoms with Crippen molar-refractivity contribution in [1.82, 2.24) is 10.2 Å². The Morgan fingerprint density at radius 3 is 2.14 bits per heavy atom. The highest BCUT2D eigenvalue weighted by Crippen LogP contribution is 2.23. The van der Waals surface area contributed by atoms with E-state index in [1.54, 1.807) is 12.1 Å². The van der Waals surface area contributed by atoms with E-state index in [0.29, 0.717) is 12.2 Å². The van der Waals surface area contributed by atoms with E-state index in [-0.39, 0.29) is 11.6 Å². The highest BCUT2D eigenvalue weighted by atomic mass is 32.2. The molecule has 1 aromatic heterocycles. The summed E-state index contributed by atoms with van der Waals surface area (Å²) in [6.07, 6.45) is 0.551. The molecule has 2 aromatic rings. The van der Waals surface area contributed by atoms with Gasteiger partial charge in [0, 0.05) is 5.69 Å². The van der Waals surface area contributed by atoms with Crippen molar-refractivity contribution in [2.24, 2.45) is 0 Å². The summed E-state index contributed by atoms with van der Waals surface area (Å²) in [4.78, 5) is 0. The van der Waals surface area contributed by atoms with Crippen molar-refractivity contribution < 1.29 is 8.42 Å². The molecular weight excluding hydrogens is 300 g/mol. The van der Waals surface area contributed by atoms with E-state index in [1.165, 1.54) is 0 Å². The monoisotopic (exact) mass is 320 g/mol. The molecule has 0 saturated heterocycles. The van der Waals surface area contributed by atoms with Crippen molar-refractivity contribution >= 4 is 27.3 Å². The Bertz CT molecular complexity index is 722. The van der Waals surface area contributed by atoms with Crippen LogP contribution < -0.4 is 10.0 Å². The molecular formula is C15H20N4O2S. The van der Waals surface area contributed by atoms with Crippen LogP contribution in [0, 0.1) is 13.8 Å². The zero-order chi connectivity index (χ0) is 16.2. The SMILES string of the molecule is CCCS(=O)(=O)Nc1ccc(Nc2c(C)cccc2C)nn1. The molecule has 0 amide bonds. The summed E-state index contributed by atoms with van der Waals surface area (Å²) in [6, 6.07) is 9.30. The lowest BCUT2D eigenvalue weighted by Gasteiger charge is -2.12. The molecule has 2 N–H and O–H groups in total. The van der Waals surface area contributed by atoms with Crippen LogP contribution in [0.3, 0.4) is 0 Å². The van der Waals surface area contributed by atoms with Gasteiger partial charge in [-0.15, -0.1) is 10.2 Å². The number of anilines is 3. The first-order valence-corrected chi connectivity index (χ1v) is 8.74. The van der Waals surface area contributed by atoms with Crippen LogP contribution in [0.15, 0.2) is 30.3 Å². The van der Waals surface area contributed by atoms with E-state index in [0.717, 1.165) is 16.8 Å². The molecule has 0 bridgehead atoms. The van der Waals surface area contributed by atoms with Crippen molar-refractivity contribution in [3.63, 3.8) is 0 Å². The van der Waals surface area contributed by atoms with Crippen LogP contribution in [-0.4, -0.2) is 24.4 Å². The maximum atomic E-state index is 11.7. The molecule has 0 fully saturated rings. The van der Waals surface area contributed by atoms with Gasteiger partial charge in [-0.1, -0.05) is 25.1 Å². The average Bonchev–Trinajstić information content (AvgIpc) is 2.44. The van der Waals surface area contributed by atoms with Crippen LogP contribution in [0.2, 0.25) is 0 Å². The molecule has 0 radical (unpaired) electrons. The van der Waals surface area contributed by atoms with Crippen LogP contribution in [0.1, 0.15) is 24.5 Å². The topological polar surface area (TPSA) is 84.0 Å². The van der Waals surface area contributed by atoms with Crippen LogP contribution in [0.4, 0.5) is 17.3 Å². The lowest BCUT2D eigenvalue weighted by molar-refractivity contribution is 0.599. The molecule has 0 unspecified atom stereocenters. The summed E-state index contributed by atoms with van der Waals surface area (Å²) in [5.41, 5.74) is 3.19. The fourth-order valence-electron chi connectivity index (χ4n) is 2.07. The van der Waals surface area contributed by atoms with Gasteiger partial charge in [-0.25, -0.2) is 8.42 Å². The molecule has 0 aliphatic heterocycles. The molecule has 0 aliphatic rings. The number of hydrogen-bond donors (Lipinski definition) is 2. The second-order valence-electron chi connectivity index (χ2n) is 5.12. The lowest BCUT2D eigenvalue weighted by atomic mass is 10.1. The molecule has 22 heavy (non-hydrogen) atoms. The Labute approximate surface area is 131 Å². The maximum absolute atomic E-state index is 11.7. The molecule has 0 atom stereocenters. The third-order valence-corrected chi connectivity index (χ3v) is 4.60. The summed E-state index contributed by atoms with van der Waals surface area (Å²) in [5.74, 6) is 0.855. The second kappa shape index (κ2) is 6.74. The summed E-state index contributed by atoms with van der Waals surface area (Å²) >= 11 is 0. The highest BCUT2D eigenvalue weighted by Gasteiger charge is 2.10. The van der Waals surface area contributed by atoms with Gasteiger partial charge in [0.15, 0.2) is 11.6 Å². The zero-order valence-corrected chi connectivity index (χ0v) is 13.7. The quantitative estimate of drug-likeness (QED) is 0.855. The minimum atomic E-state index is -3.34. The number of nitrogens with one attached hydrogen (secondary N) is 2. The van der Waals surface area contributed by atoms with Crippen molar-refractivity contribution in [3.05, 3.63) is 41.5 Å². The van der Waals surface area contributed by atoms with Crippen molar-refractivity contribution in [2.75, 3.05) is 15.8 Å². The predicted molar refractivity (Wildman–Crippen MR) is 88.9 cm³/mol. The van der Waals surface area contributed by atoms with Gasteiger partial charge in [-0.05, 0) is 43.5 Å². The lowest BCUT2D eigenvalue weighted by Crippen LogP contribution is -2.17. The number of sulfonamides is 1. The first kappa shape index (κ1) is 16.2. The van der Waals surface area contributed by atoms with Crippen LogP contribution in [-0.2, 0) is 10.0 Å². The molecule has 1 aromatic carbocycles. The predicted octanol–water partition coefficient (Wildman–Crippen LogP) is 2.99. The summed E-state index contributed by atoms with van der Waals surface area (Å²) in [6.45, 7) is 5.83. The number of rotatable bonds is 6. The van der Waals surface area contributed by atoms with Gasteiger partial charge >= 0.3 is 0 Å². The van der Waals surface area contributed by atoms with Gasteiger partial charge in [-0.3, -0.25) is 4.72 Å². The van der Waals surface area contributed by atoms with E-state index in [4.69, 9.17) is 0 Å². The summed E-state index contributed by atoms with van der Waals surface area (Å²) in [5, 5.41) is 11.1. The number of aromatic nitrogens is 2. The molecule has 0 spiro atoms. The summed E-state index contributed by atoms with van der Waals surface area (Å²) in [7, 11) is -3.34. The Balaban J connectivity index is 2.13. The first-order valence-electron chi connectivity index (χ1n) is 7.09. The van der Waals surface area contributed by atoms with Crippen LogP contribution in [0.5, 0.6) is 0 Å². The standard InChI is InChI=1S/C15H20N4O2S/c1-4-10-22(20,21)19-14-9-8-13(17-18-14)16-15-11(2)6-5-7-12(15)3/h5-9H,4,10H2,1-3H3,(H,16,17)(H,18,19). The first-order chi connectivity index (χ1) is 10.4. The Hall–Kier alpha value is -2.15. The van der Waals surface area contributed by atoms with Crippen molar-refractivity contribution in [1.29, 1.82) is 0 Å².